The van der Waals surface area contributed by atoms with Crippen LogP contribution in [-0.4, -0.2) is 25.2 Å². The van der Waals surface area contributed by atoms with Crippen LogP contribution in [0.4, 0.5) is 4.39 Å². The van der Waals surface area contributed by atoms with Gasteiger partial charge in [0.15, 0.2) is 5.52 Å². The zero-order valence-corrected chi connectivity index (χ0v) is 9.58. The molecule has 6 heteroatoms. The molecule has 3 rings (SSSR count). The van der Waals surface area contributed by atoms with Gasteiger partial charge in [-0.2, -0.15) is 9.97 Å². The molecule has 0 saturated heterocycles. The van der Waals surface area contributed by atoms with Crippen LogP contribution in [0, 0.1) is 5.82 Å². The lowest BCUT2D eigenvalue weighted by molar-refractivity contribution is 0.403. The van der Waals surface area contributed by atoms with Crippen molar-refractivity contribution in [3.05, 3.63) is 42.2 Å². The Labute approximate surface area is 107 Å². The van der Waals surface area contributed by atoms with Crippen LogP contribution in [0.15, 0.2) is 36.4 Å². The molecule has 0 saturated carbocycles. The molecule has 0 fully saturated rings. The van der Waals surface area contributed by atoms with Gasteiger partial charge in [0.1, 0.15) is 11.3 Å². The monoisotopic (exact) mass is 257 g/mol. The van der Waals surface area contributed by atoms with Gasteiger partial charge in [-0.1, -0.05) is 12.1 Å². The van der Waals surface area contributed by atoms with Gasteiger partial charge in [0.2, 0.25) is 5.88 Å². The number of rotatable bonds is 1. The van der Waals surface area contributed by atoms with E-state index < -0.39 is 11.9 Å². The van der Waals surface area contributed by atoms with Crippen LogP contribution in [0.3, 0.4) is 0 Å². The van der Waals surface area contributed by atoms with E-state index in [1.165, 1.54) is 12.1 Å². The number of halogens is 1. The summed E-state index contributed by atoms with van der Waals surface area (Å²) in [6.45, 7) is 0. The average Bonchev–Trinajstić information content (AvgIpc) is 2.38. The Kier molecular flexibility index (Phi) is 2.49. The van der Waals surface area contributed by atoms with Crippen LogP contribution in [-0.2, 0) is 0 Å². The highest BCUT2D eigenvalue weighted by atomic mass is 19.1. The van der Waals surface area contributed by atoms with Crippen molar-refractivity contribution in [3.8, 4) is 23.1 Å². The summed E-state index contributed by atoms with van der Waals surface area (Å²) < 4.78 is 13.2. The van der Waals surface area contributed by atoms with Crippen molar-refractivity contribution in [1.82, 2.24) is 15.0 Å². The number of fused-ring (bicyclic) bond motifs is 1. The molecule has 0 unspecified atom stereocenters. The molecule has 3 aromatic rings. The van der Waals surface area contributed by atoms with Gasteiger partial charge in [-0.05, 0) is 24.3 Å². The topological polar surface area (TPSA) is 79.1 Å². The molecule has 0 bridgehead atoms. The van der Waals surface area contributed by atoms with Crippen molar-refractivity contribution in [2.75, 3.05) is 0 Å². The normalized spacial score (nSPS) is 10.8. The van der Waals surface area contributed by atoms with Gasteiger partial charge in [-0.25, -0.2) is 9.37 Å². The Morgan fingerprint density at radius 2 is 1.79 bits per heavy atom. The highest BCUT2D eigenvalue weighted by Gasteiger charge is 2.09. The van der Waals surface area contributed by atoms with E-state index in [1.807, 2.05) is 0 Å². The molecule has 2 aromatic heterocycles. The van der Waals surface area contributed by atoms with Gasteiger partial charge in [0.25, 0.3) is 0 Å². The van der Waals surface area contributed by atoms with Gasteiger partial charge in [0.05, 0.1) is 5.69 Å². The van der Waals surface area contributed by atoms with E-state index in [0.717, 1.165) is 0 Å². The summed E-state index contributed by atoms with van der Waals surface area (Å²) in [5.41, 5.74) is 1.52. The Balaban J connectivity index is 2.22. The van der Waals surface area contributed by atoms with Gasteiger partial charge < -0.3 is 10.2 Å². The predicted molar refractivity (Wildman–Crippen MR) is 66.1 cm³/mol. The van der Waals surface area contributed by atoms with E-state index >= 15 is 0 Å². The third kappa shape index (κ3) is 2.03. The molecule has 2 N–H and O–H groups in total. The number of aromatic hydroxyl groups is 2. The minimum absolute atomic E-state index is 0.152. The second-order valence-electron chi connectivity index (χ2n) is 3.92. The fourth-order valence-corrected chi connectivity index (χ4v) is 1.80. The Morgan fingerprint density at radius 1 is 0.947 bits per heavy atom. The van der Waals surface area contributed by atoms with Crippen molar-refractivity contribution < 1.29 is 14.6 Å². The van der Waals surface area contributed by atoms with Crippen molar-refractivity contribution >= 4 is 11.0 Å². The molecular formula is C13H8FN3O2. The summed E-state index contributed by atoms with van der Waals surface area (Å²) in [5.74, 6) is -0.786. The lowest BCUT2D eigenvalue weighted by atomic mass is 10.1. The van der Waals surface area contributed by atoms with Gasteiger partial charge in [-0.3, -0.25) is 0 Å². The van der Waals surface area contributed by atoms with E-state index in [1.54, 1.807) is 24.3 Å². The predicted octanol–water partition coefficient (Wildman–Crippen LogP) is 2.24. The average molecular weight is 257 g/mol. The number of aromatic nitrogens is 3. The van der Waals surface area contributed by atoms with Gasteiger partial charge >= 0.3 is 6.01 Å². The number of hydrogen-bond acceptors (Lipinski definition) is 5. The van der Waals surface area contributed by atoms with Gasteiger partial charge in [-0.15, -0.1) is 0 Å². The third-order valence-electron chi connectivity index (χ3n) is 2.63. The Morgan fingerprint density at radius 3 is 2.58 bits per heavy atom. The van der Waals surface area contributed by atoms with E-state index in [2.05, 4.69) is 15.0 Å². The number of pyridine rings is 1. The van der Waals surface area contributed by atoms with Crippen LogP contribution in [0.2, 0.25) is 0 Å². The molecule has 5 nitrogen and oxygen atoms in total. The van der Waals surface area contributed by atoms with E-state index in [4.69, 9.17) is 0 Å². The van der Waals surface area contributed by atoms with E-state index in [0.29, 0.717) is 16.8 Å². The summed E-state index contributed by atoms with van der Waals surface area (Å²) in [4.78, 5) is 11.3. The quantitative estimate of drug-likeness (QED) is 0.699. The first-order chi connectivity index (χ1) is 9.13. The molecule has 0 aliphatic rings. The van der Waals surface area contributed by atoms with Crippen molar-refractivity contribution in [2.45, 2.75) is 0 Å². The first-order valence-electron chi connectivity index (χ1n) is 5.46. The molecule has 2 heterocycles. The number of hydrogen-bond donors (Lipinski definition) is 2. The minimum atomic E-state index is -0.523. The highest BCUT2D eigenvalue weighted by Crippen LogP contribution is 2.25. The summed E-state index contributed by atoms with van der Waals surface area (Å²) >= 11 is 0. The first kappa shape index (κ1) is 11.3. The lowest BCUT2D eigenvalue weighted by Gasteiger charge is -2.04. The summed E-state index contributed by atoms with van der Waals surface area (Å²) in [6, 6.07) is 8.63. The highest BCUT2D eigenvalue weighted by molar-refractivity contribution is 5.82. The fraction of sp³-hybridized carbons (Fsp3) is 0. The second-order valence-corrected chi connectivity index (χ2v) is 3.92. The van der Waals surface area contributed by atoms with E-state index in [9.17, 15) is 14.6 Å². The molecular weight excluding hydrogens is 249 g/mol. The first-order valence-corrected chi connectivity index (χ1v) is 5.46. The van der Waals surface area contributed by atoms with E-state index in [-0.39, 0.29) is 11.3 Å². The standard InChI is InChI=1S/C13H8FN3O2/c14-8-3-1-2-7(6-8)9-4-5-10-11(15-9)12(18)17-13(19)16-10/h1-6H,(H2,16,17,18,19). The molecule has 1 aromatic carbocycles. The number of benzene rings is 1. The van der Waals surface area contributed by atoms with Crippen molar-refractivity contribution in [2.24, 2.45) is 0 Å². The van der Waals surface area contributed by atoms with Crippen LogP contribution >= 0.6 is 0 Å². The van der Waals surface area contributed by atoms with Crippen LogP contribution in [0.5, 0.6) is 11.9 Å². The van der Waals surface area contributed by atoms with Crippen LogP contribution < -0.4 is 0 Å². The summed E-state index contributed by atoms with van der Waals surface area (Å²) in [5, 5.41) is 18.8. The summed E-state index contributed by atoms with van der Waals surface area (Å²) in [7, 11) is 0. The lowest BCUT2D eigenvalue weighted by Crippen LogP contribution is -1.91. The maximum absolute atomic E-state index is 13.2. The maximum Gasteiger partial charge on any atom is 0.317 e. The van der Waals surface area contributed by atoms with Gasteiger partial charge in [0, 0.05) is 5.56 Å². The van der Waals surface area contributed by atoms with Crippen LogP contribution in [0.1, 0.15) is 0 Å². The molecule has 0 radical (unpaired) electrons. The molecule has 0 aliphatic heterocycles. The minimum Gasteiger partial charge on any atom is -0.492 e. The summed E-state index contributed by atoms with van der Waals surface area (Å²) in [6.07, 6.45) is 0. The van der Waals surface area contributed by atoms with Crippen molar-refractivity contribution in [1.29, 1.82) is 0 Å². The SMILES string of the molecule is Oc1nc(O)c2nc(-c3cccc(F)c3)ccc2n1. The third-order valence-corrected chi connectivity index (χ3v) is 2.63. The van der Waals surface area contributed by atoms with Crippen LogP contribution in [0.25, 0.3) is 22.3 Å². The molecule has 0 spiro atoms. The fourth-order valence-electron chi connectivity index (χ4n) is 1.80. The Bertz CT molecular complexity index is 777. The second kappa shape index (κ2) is 4.16. The molecule has 0 aliphatic carbocycles. The zero-order chi connectivity index (χ0) is 13.4. The largest absolute Gasteiger partial charge is 0.492 e. The smallest absolute Gasteiger partial charge is 0.317 e. The Hall–Kier alpha value is -2.76. The van der Waals surface area contributed by atoms with Crippen molar-refractivity contribution in [3.63, 3.8) is 0 Å². The molecule has 0 atom stereocenters. The molecule has 94 valence electrons. The molecule has 0 amide bonds. The number of nitrogens with zero attached hydrogens (tertiary/aromatic N) is 3. The zero-order valence-electron chi connectivity index (χ0n) is 9.58. The maximum atomic E-state index is 13.2. The molecule has 19 heavy (non-hydrogen) atoms.